The van der Waals surface area contributed by atoms with Gasteiger partial charge in [0, 0.05) is 37.7 Å². The summed E-state index contributed by atoms with van der Waals surface area (Å²) in [5.74, 6) is 1.22. The summed E-state index contributed by atoms with van der Waals surface area (Å²) < 4.78 is 14.9. The number of alkyl halides is 1. The Balaban J connectivity index is 2.09. The van der Waals surface area contributed by atoms with Crippen LogP contribution in [0.1, 0.15) is 32.4 Å². The molecule has 1 aromatic rings. The number of nitrogens with zero attached hydrogens (tertiary/aromatic N) is 3. The fourth-order valence-electron chi connectivity index (χ4n) is 2.62. The number of halogens is 1. The highest BCUT2D eigenvalue weighted by Crippen LogP contribution is 2.37. The normalized spacial score (nSPS) is 18.4. The van der Waals surface area contributed by atoms with Crippen molar-refractivity contribution in [1.29, 1.82) is 0 Å². The molecule has 1 aromatic heterocycles. The number of aryl methyl sites for hydroxylation is 1. The molecule has 2 rings (SSSR count). The topological polar surface area (TPSA) is 55.0 Å². The van der Waals surface area contributed by atoms with Gasteiger partial charge < -0.3 is 10.6 Å². The first kappa shape index (κ1) is 14.8. The van der Waals surface area contributed by atoms with E-state index >= 15 is 0 Å². The third kappa shape index (κ3) is 2.92. The van der Waals surface area contributed by atoms with Crippen LogP contribution in [0.4, 0.5) is 16.2 Å². The number of allylic oxidation sites excluding steroid dienone is 1. The van der Waals surface area contributed by atoms with Crippen LogP contribution < -0.4 is 10.6 Å². The van der Waals surface area contributed by atoms with Gasteiger partial charge in [-0.3, -0.25) is 0 Å². The molecule has 2 N–H and O–H groups in total. The molecule has 110 valence electrons. The summed E-state index contributed by atoms with van der Waals surface area (Å²) in [6.45, 7) is 11.0. The lowest BCUT2D eigenvalue weighted by molar-refractivity contribution is 0.157. The van der Waals surface area contributed by atoms with Crippen molar-refractivity contribution in [2.24, 2.45) is 5.92 Å². The zero-order valence-corrected chi connectivity index (χ0v) is 12.5. The molecule has 20 heavy (non-hydrogen) atoms. The van der Waals surface area contributed by atoms with E-state index in [1.165, 1.54) is 0 Å². The van der Waals surface area contributed by atoms with Crippen molar-refractivity contribution >= 4 is 11.8 Å². The van der Waals surface area contributed by atoms with Gasteiger partial charge in [0.05, 0.1) is 0 Å². The molecule has 2 heterocycles. The largest absolute Gasteiger partial charge is 0.384 e. The molecule has 0 aliphatic carbocycles. The highest BCUT2D eigenvalue weighted by Gasteiger charge is 2.38. The molecule has 4 nitrogen and oxygen atoms in total. The van der Waals surface area contributed by atoms with Crippen molar-refractivity contribution < 1.29 is 4.39 Å². The second-order valence-corrected chi connectivity index (χ2v) is 5.87. The van der Waals surface area contributed by atoms with Crippen molar-refractivity contribution in [1.82, 2.24) is 9.97 Å². The van der Waals surface area contributed by atoms with E-state index in [0.717, 1.165) is 5.69 Å². The molecule has 0 aromatic carbocycles. The van der Waals surface area contributed by atoms with Gasteiger partial charge in [-0.2, -0.15) is 4.98 Å². The van der Waals surface area contributed by atoms with E-state index in [-0.39, 0.29) is 5.92 Å². The molecule has 0 atom stereocenters. The standard InChI is InChI=1S/C15H23FN4/c1-10(2)12(4)15(16)5-7-20(8-6-15)14-18-11(3)9-13(17)19-14/h9-10H,4-8H2,1-3H3,(H2,17,18,19). The van der Waals surface area contributed by atoms with Gasteiger partial charge in [0.15, 0.2) is 0 Å². The Hall–Kier alpha value is -1.65. The van der Waals surface area contributed by atoms with Gasteiger partial charge in [-0.05, 0) is 18.4 Å². The summed E-state index contributed by atoms with van der Waals surface area (Å²) in [4.78, 5) is 10.6. The van der Waals surface area contributed by atoms with Crippen LogP contribution in [0.25, 0.3) is 0 Å². The van der Waals surface area contributed by atoms with E-state index in [2.05, 4.69) is 16.5 Å². The average molecular weight is 278 g/mol. The van der Waals surface area contributed by atoms with Gasteiger partial charge in [0.25, 0.3) is 0 Å². The predicted octanol–water partition coefficient (Wildman–Crippen LogP) is 2.89. The number of hydrogen-bond donors (Lipinski definition) is 1. The van der Waals surface area contributed by atoms with E-state index in [1.54, 1.807) is 6.07 Å². The second-order valence-electron chi connectivity index (χ2n) is 5.87. The molecule has 0 radical (unpaired) electrons. The molecule has 0 bridgehead atoms. The lowest BCUT2D eigenvalue weighted by atomic mass is 9.81. The van der Waals surface area contributed by atoms with Gasteiger partial charge in [-0.25, -0.2) is 9.37 Å². The molecular weight excluding hydrogens is 255 g/mol. The zero-order chi connectivity index (χ0) is 14.9. The van der Waals surface area contributed by atoms with Crippen LogP contribution in [-0.2, 0) is 0 Å². The van der Waals surface area contributed by atoms with E-state index in [4.69, 9.17) is 5.73 Å². The predicted molar refractivity (Wildman–Crippen MR) is 80.4 cm³/mol. The molecule has 0 spiro atoms. The van der Waals surface area contributed by atoms with E-state index in [9.17, 15) is 4.39 Å². The van der Waals surface area contributed by atoms with Gasteiger partial charge in [-0.15, -0.1) is 0 Å². The lowest BCUT2D eigenvalue weighted by Crippen LogP contribution is -2.44. The monoisotopic (exact) mass is 278 g/mol. The van der Waals surface area contributed by atoms with Crippen LogP contribution in [-0.4, -0.2) is 28.7 Å². The maximum Gasteiger partial charge on any atom is 0.227 e. The molecule has 0 saturated carbocycles. The van der Waals surface area contributed by atoms with Crippen LogP contribution >= 0.6 is 0 Å². The van der Waals surface area contributed by atoms with Crippen LogP contribution in [0.15, 0.2) is 18.2 Å². The van der Waals surface area contributed by atoms with Crippen LogP contribution in [0, 0.1) is 12.8 Å². The number of nitrogens with two attached hydrogens (primary N) is 1. The number of piperidine rings is 1. The summed E-state index contributed by atoms with van der Waals surface area (Å²) in [5, 5.41) is 0. The first-order chi connectivity index (χ1) is 9.32. The molecule has 0 unspecified atom stereocenters. The van der Waals surface area contributed by atoms with Crippen molar-refractivity contribution in [2.75, 3.05) is 23.7 Å². The number of anilines is 2. The Morgan fingerprint density at radius 2 is 2.00 bits per heavy atom. The Morgan fingerprint density at radius 1 is 1.40 bits per heavy atom. The Kier molecular flexibility index (Phi) is 3.97. The summed E-state index contributed by atoms with van der Waals surface area (Å²) in [6, 6.07) is 1.73. The van der Waals surface area contributed by atoms with Crippen molar-refractivity contribution in [3.8, 4) is 0 Å². The average Bonchev–Trinajstić information content (AvgIpc) is 2.37. The van der Waals surface area contributed by atoms with Gasteiger partial charge in [0.1, 0.15) is 11.5 Å². The number of rotatable bonds is 3. The summed E-state index contributed by atoms with van der Waals surface area (Å²) in [6.07, 6.45) is 0.864. The second kappa shape index (κ2) is 5.38. The molecule has 1 aliphatic rings. The first-order valence-corrected chi connectivity index (χ1v) is 7.06. The molecular formula is C15H23FN4. The highest BCUT2D eigenvalue weighted by atomic mass is 19.1. The van der Waals surface area contributed by atoms with Gasteiger partial charge in [0.2, 0.25) is 5.95 Å². The Labute approximate surface area is 119 Å². The number of nitrogen functional groups attached to an aromatic ring is 1. The van der Waals surface area contributed by atoms with Crippen LogP contribution in [0.5, 0.6) is 0 Å². The first-order valence-electron chi connectivity index (χ1n) is 7.06. The lowest BCUT2D eigenvalue weighted by Gasteiger charge is -2.38. The Morgan fingerprint density at radius 3 is 2.50 bits per heavy atom. The van der Waals surface area contributed by atoms with E-state index in [1.807, 2.05) is 25.7 Å². The Bertz CT molecular complexity index is 484. The zero-order valence-electron chi connectivity index (χ0n) is 12.5. The fraction of sp³-hybridized carbons (Fsp3) is 0.600. The van der Waals surface area contributed by atoms with Crippen LogP contribution in [0.2, 0.25) is 0 Å². The number of aromatic nitrogens is 2. The highest BCUT2D eigenvalue weighted by molar-refractivity contribution is 5.41. The molecule has 1 saturated heterocycles. The van der Waals surface area contributed by atoms with Crippen molar-refractivity contribution in [2.45, 2.75) is 39.3 Å². The number of hydrogen-bond acceptors (Lipinski definition) is 4. The smallest absolute Gasteiger partial charge is 0.227 e. The minimum atomic E-state index is -1.26. The molecule has 1 fully saturated rings. The summed E-state index contributed by atoms with van der Waals surface area (Å²) in [5.41, 5.74) is 6.00. The molecule has 5 heteroatoms. The quantitative estimate of drug-likeness (QED) is 0.864. The van der Waals surface area contributed by atoms with E-state index < -0.39 is 5.67 Å². The fourth-order valence-corrected chi connectivity index (χ4v) is 2.62. The van der Waals surface area contributed by atoms with Crippen molar-refractivity contribution in [3.63, 3.8) is 0 Å². The maximum absolute atomic E-state index is 14.9. The third-order valence-corrected chi connectivity index (χ3v) is 3.97. The minimum Gasteiger partial charge on any atom is -0.384 e. The summed E-state index contributed by atoms with van der Waals surface area (Å²) in [7, 11) is 0. The molecule has 0 amide bonds. The van der Waals surface area contributed by atoms with Crippen LogP contribution in [0.3, 0.4) is 0 Å². The minimum absolute atomic E-state index is 0.164. The summed E-state index contributed by atoms with van der Waals surface area (Å²) >= 11 is 0. The third-order valence-electron chi connectivity index (χ3n) is 3.97. The van der Waals surface area contributed by atoms with Gasteiger partial charge >= 0.3 is 0 Å². The SMILES string of the molecule is C=C(C(C)C)C1(F)CCN(c2nc(C)cc(N)n2)CC1. The van der Waals surface area contributed by atoms with Gasteiger partial charge in [-0.1, -0.05) is 20.4 Å². The maximum atomic E-state index is 14.9. The van der Waals surface area contributed by atoms with E-state index in [0.29, 0.717) is 43.3 Å². The van der Waals surface area contributed by atoms with Crippen molar-refractivity contribution in [3.05, 3.63) is 23.9 Å². The molecule has 1 aliphatic heterocycles.